The Balaban J connectivity index is 1.21. The SMILES string of the molecule is CCc1nccn1CCN1CCN(C(=O)CSc2nc3ccccc3o2)CC1. The molecule has 148 valence electrons. The number of fused-ring (bicyclic) bond motifs is 1. The molecule has 3 heterocycles. The van der Waals surface area contributed by atoms with Gasteiger partial charge in [0.15, 0.2) is 5.58 Å². The van der Waals surface area contributed by atoms with Crippen molar-refractivity contribution in [3.05, 3.63) is 42.5 Å². The van der Waals surface area contributed by atoms with Gasteiger partial charge in [-0.15, -0.1) is 0 Å². The van der Waals surface area contributed by atoms with Gasteiger partial charge in [-0.1, -0.05) is 30.8 Å². The molecule has 0 bridgehead atoms. The van der Waals surface area contributed by atoms with Gasteiger partial charge in [-0.05, 0) is 12.1 Å². The fourth-order valence-corrected chi connectivity index (χ4v) is 4.20. The van der Waals surface area contributed by atoms with Gasteiger partial charge < -0.3 is 13.9 Å². The zero-order chi connectivity index (χ0) is 19.3. The Hall–Kier alpha value is -2.32. The van der Waals surface area contributed by atoms with Crippen LogP contribution in [0.3, 0.4) is 0 Å². The predicted octanol–water partition coefficient (Wildman–Crippen LogP) is 2.52. The number of para-hydroxylation sites is 2. The first-order chi connectivity index (χ1) is 13.7. The van der Waals surface area contributed by atoms with Gasteiger partial charge in [0, 0.05) is 58.1 Å². The molecule has 0 unspecified atom stereocenters. The highest BCUT2D eigenvalue weighted by molar-refractivity contribution is 7.99. The molecule has 0 N–H and O–H groups in total. The Morgan fingerprint density at radius 1 is 1.18 bits per heavy atom. The van der Waals surface area contributed by atoms with Gasteiger partial charge in [-0.2, -0.15) is 0 Å². The number of rotatable bonds is 7. The van der Waals surface area contributed by atoms with Gasteiger partial charge in [0.05, 0.1) is 5.75 Å². The van der Waals surface area contributed by atoms with Crippen molar-refractivity contribution in [2.45, 2.75) is 25.1 Å². The highest BCUT2D eigenvalue weighted by atomic mass is 32.2. The van der Waals surface area contributed by atoms with Crippen LogP contribution < -0.4 is 0 Å². The summed E-state index contributed by atoms with van der Waals surface area (Å²) in [6.07, 6.45) is 4.86. The number of hydrogen-bond donors (Lipinski definition) is 0. The summed E-state index contributed by atoms with van der Waals surface area (Å²) in [6, 6.07) is 7.65. The molecule has 1 aromatic carbocycles. The smallest absolute Gasteiger partial charge is 0.257 e. The lowest BCUT2D eigenvalue weighted by atomic mass is 10.3. The van der Waals surface area contributed by atoms with Crippen LogP contribution in [0, 0.1) is 0 Å². The van der Waals surface area contributed by atoms with Crippen LogP contribution in [0.1, 0.15) is 12.7 Å². The van der Waals surface area contributed by atoms with Crippen LogP contribution in [0.2, 0.25) is 0 Å². The van der Waals surface area contributed by atoms with E-state index in [1.165, 1.54) is 11.8 Å². The third-order valence-electron chi connectivity index (χ3n) is 5.09. The molecule has 1 aliphatic heterocycles. The van der Waals surface area contributed by atoms with Crippen LogP contribution >= 0.6 is 11.8 Å². The van der Waals surface area contributed by atoms with Crippen molar-refractivity contribution in [3.8, 4) is 0 Å². The van der Waals surface area contributed by atoms with Crippen molar-refractivity contribution in [1.29, 1.82) is 0 Å². The Bertz CT molecular complexity index is 896. The lowest BCUT2D eigenvalue weighted by Crippen LogP contribution is -2.49. The number of aromatic nitrogens is 3. The van der Waals surface area contributed by atoms with E-state index < -0.39 is 0 Å². The molecule has 4 rings (SSSR count). The lowest BCUT2D eigenvalue weighted by Gasteiger charge is -2.34. The van der Waals surface area contributed by atoms with Crippen molar-refractivity contribution < 1.29 is 9.21 Å². The second-order valence-electron chi connectivity index (χ2n) is 6.85. The Labute approximate surface area is 168 Å². The average molecular weight is 400 g/mol. The molecule has 1 fully saturated rings. The first kappa shape index (κ1) is 19.0. The lowest BCUT2D eigenvalue weighted by molar-refractivity contribution is -0.130. The Kier molecular flexibility index (Phi) is 5.97. The minimum absolute atomic E-state index is 0.148. The predicted molar refractivity (Wildman–Crippen MR) is 109 cm³/mol. The Morgan fingerprint density at radius 2 is 2.00 bits per heavy atom. The highest BCUT2D eigenvalue weighted by Crippen LogP contribution is 2.23. The summed E-state index contributed by atoms with van der Waals surface area (Å²) in [7, 11) is 0. The van der Waals surface area contributed by atoms with Gasteiger partial charge >= 0.3 is 0 Å². The first-order valence-electron chi connectivity index (χ1n) is 9.71. The number of carbonyl (C=O) groups is 1. The summed E-state index contributed by atoms with van der Waals surface area (Å²) in [5, 5.41) is 0.556. The van der Waals surface area contributed by atoms with Crippen molar-refractivity contribution in [2.75, 3.05) is 38.5 Å². The number of carbonyl (C=O) groups excluding carboxylic acids is 1. The molecular formula is C20H25N5O2S. The molecule has 1 saturated heterocycles. The molecule has 2 aromatic heterocycles. The topological polar surface area (TPSA) is 67.4 Å². The molecular weight excluding hydrogens is 374 g/mol. The van der Waals surface area contributed by atoms with Crippen LogP contribution in [0.5, 0.6) is 0 Å². The van der Waals surface area contributed by atoms with Crippen LogP contribution in [0.4, 0.5) is 0 Å². The van der Waals surface area contributed by atoms with Crippen molar-refractivity contribution in [3.63, 3.8) is 0 Å². The third-order valence-corrected chi connectivity index (χ3v) is 5.91. The maximum absolute atomic E-state index is 12.5. The van der Waals surface area contributed by atoms with E-state index in [2.05, 4.69) is 26.4 Å². The second kappa shape index (κ2) is 8.79. The normalized spacial score (nSPS) is 15.4. The zero-order valence-electron chi connectivity index (χ0n) is 16.1. The zero-order valence-corrected chi connectivity index (χ0v) is 16.9. The highest BCUT2D eigenvalue weighted by Gasteiger charge is 2.21. The van der Waals surface area contributed by atoms with Crippen LogP contribution in [0.15, 0.2) is 46.3 Å². The van der Waals surface area contributed by atoms with Gasteiger partial charge in [-0.3, -0.25) is 9.69 Å². The number of piperazine rings is 1. The van der Waals surface area contributed by atoms with E-state index in [1.807, 2.05) is 41.6 Å². The van der Waals surface area contributed by atoms with Gasteiger partial charge in [0.2, 0.25) is 5.91 Å². The third kappa shape index (κ3) is 4.39. The summed E-state index contributed by atoms with van der Waals surface area (Å²) in [5.41, 5.74) is 1.59. The monoisotopic (exact) mass is 399 g/mol. The van der Waals surface area contributed by atoms with E-state index in [-0.39, 0.29) is 5.91 Å². The number of thioether (sulfide) groups is 1. The number of aryl methyl sites for hydroxylation is 1. The van der Waals surface area contributed by atoms with Crippen LogP contribution in [0.25, 0.3) is 11.1 Å². The maximum atomic E-state index is 12.5. The number of benzene rings is 1. The Morgan fingerprint density at radius 3 is 2.79 bits per heavy atom. The maximum Gasteiger partial charge on any atom is 0.257 e. The van der Waals surface area contributed by atoms with E-state index in [0.717, 1.165) is 62.6 Å². The molecule has 7 nitrogen and oxygen atoms in total. The minimum Gasteiger partial charge on any atom is -0.431 e. The molecule has 3 aromatic rings. The number of nitrogens with zero attached hydrogens (tertiary/aromatic N) is 5. The fraction of sp³-hybridized carbons (Fsp3) is 0.450. The molecule has 0 saturated carbocycles. The van der Waals surface area contributed by atoms with Crippen LogP contribution in [-0.4, -0.2) is 68.7 Å². The summed E-state index contributed by atoms with van der Waals surface area (Å²) in [6.45, 7) is 7.44. The molecule has 8 heteroatoms. The van der Waals surface area contributed by atoms with Gasteiger partial charge in [0.1, 0.15) is 11.3 Å². The van der Waals surface area contributed by atoms with Crippen molar-refractivity contribution >= 4 is 28.8 Å². The fourth-order valence-electron chi connectivity index (χ4n) is 3.46. The second-order valence-corrected chi connectivity index (χ2v) is 7.78. The van der Waals surface area contributed by atoms with E-state index in [4.69, 9.17) is 4.42 Å². The summed E-state index contributed by atoms with van der Waals surface area (Å²) in [5.74, 6) is 1.64. The van der Waals surface area contributed by atoms with E-state index in [0.29, 0.717) is 11.0 Å². The number of imidazole rings is 1. The first-order valence-corrected chi connectivity index (χ1v) is 10.7. The van der Waals surface area contributed by atoms with Crippen molar-refractivity contribution in [2.24, 2.45) is 0 Å². The van der Waals surface area contributed by atoms with Crippen molar-refractivity contribution in [1.82, 2.24) is 24.3 Å². The summed E-state index contributed by atoms with van der Waals surface area (Å²) >= 11 is 1.37. The summed E-state index contributed by atoms with van der Waals surface area (Å²) < 4.78 is 7.89. The number of oxazole rings is 1. The van der Waals surface area contributed by atoms with Gasteiger partial charge in [-0.25, -0.2) is 9.97 Å². The average Bonchev–Trinajstić information content (AvgIpc) is 3.36. The molecule has 28 heavy (non-hydrogen) atoms. The van der Waals surface area contributed by atoms with E-state index in [1.54, 1.807) is 0 Å². The van der Waals surface area contributed by atoms with E-state index >= 15 is 0 Å². The molecule has 0 atom stereocenters. The summed E-state index contributed by atoms with van der Waals surface area (Å²) in [4.78, 5) is 25.7. The largest absolute Gasteiger partial charge is 0.431 e. The molecule has 1 aliphatic rings. The number of amides is 1. The van der Waals surface area contributed by atoms with Gasteiger partial charge in [0.25, 0.3) is 5.22 Å². The minimum atomic E-state index is 0.148. The standard InChI is InChI=1S/C20H25N5O2S/c1-2-18-21-7-8-24(18)12-9-23-10-13-25(14-11-23)19(26)15-28-20-22-16-5-3-4-6-17(16)27-20/h3-8H,2,9-15H2,1H3. The molecule has 1 amide bonds. The molecule has 0 aliphatic carbocycles. The van der Waals surface area contributed by atoms with Crippen LogP contribution in [-0.2, 0) is 17.8 Å². The molecule has 0 radical (unpaired) electrons. The van der Waals surface area contributed by atoms with E-state index in [9.17, 15) is 4.79 Å². The molecule has 0 spiro atoms. The quantitative estimate of drug-likeness (QED) is 0.569. The number of hydrogen-bond acceptors (Lipinski definition) is 6.